The smallest absolute Gasteiger partial charge is 0.258 e. The number of para-hydroxylation sites is 1. The molecule has 2 aromatic heterocycles. The van der Waals surface area contributed by atoms with Gasteiger partial charge in [-0.3, -0.25) is 0 Å². The normalized spacial score (nSPS) is 11.1. The number of nitrogens with one attached hydrogen (secondary N) is 1. The van der Waals surface area contributed by atoms with Gasteiger partial charge in [0.05, 0.1) is 10.6 Å². The number of rotatable bonds is 3. The van der Waals surface area contributed by atoms with Gasteiger partial charge in [-0.25, -0.2) is 8.42 Å². The Morgan fingerprint density at radius 3 is 2.80 bits per heavy atom. The Balaban J connectivity index is 2.12. The largest absolute Gasteiger partial charge is 0.323 e. The van der Waals surface area contributed by atoms with Crippen molar-refractivity contribution in [3.05, 3.63) is 35.9 Å². The molecule has 0 atom stereocenters. The van der Waals surface area contributed by atoms with Gasteiger partial charge < -0.3 is 5.32 Å². The molecule has 0 amide bonds. The molecule has 0 aliphatic rings. The van der Waals surface area contributed by atoms with Gasteiger partial charge in [-0.05, 0) is 23.7 Å². The number of halogens is 1. The average molecular weight is 311 g/mol. The van der Waals surface area contributed by atoms with Crippen LogP contribution in [0.25, 0.3) is 5.78 Å². The van der Waals surface area contributed by atoms with Gasteiger partial charge in [-0.1, -0.05) is 12.1 Å². The topological polar surface area (TPSA) is 102 Å². The van der Waals surface area contributed by atoms with Crippen molar-refractivity contribution in [2.75, 3.05) is 5.32 Å². The zero-order valence-corrected chi connectivity index (χ0v) is 11.4. The summed E-state index contributed by atoms with van der Waals surface area (Å²) in [6, 6.07) is 6.42. The van der Waals surface area contributed by atoms with E-state index in [2.05, 4.69) is 25.4 Å². The summed E-state index contributed by atoms with van der Waals surface area (Å²) in [6.07, 6.45) is 1.30. The Hall–Kier alpha value is -2.26. The third-order valence-corrected chi connectivity index (χ3v) is 3.42. The summed E-state index contributed by atoms with van der Waals surface area (Å²) in [6.45, 7) is 0. The molecular weight excluding hydrogens is 304 g/mol. The number of thiol groups is 1. The lowest BCUT2D eigenvalue weighted by Gasteiger charge is -2.08. The van der Waals surface area contributed by atoms with Crippen LogP contribution in [0.1, 0.15) is 0 Å². The van der Waals surface area contributed by atoms with Crippen LogP contribution in [-0.2, 0) is 10.7 Å². The Kier molecular flexibility index (Phi) is 3.20. The van der Waals surface area contributed by atoms with Crippen LogP contribution in [0.4, 0.5) is 11.6 Å². The fraction of sp³-hybridized carbons (Fsp3) is 0. The zero-order valence-electron chi connectivity index (χ0n) is 9.76. The summed E-state index contributed by atoms with van der Waals surface area (Å²) in [5, 5.41) is 6.79. The molecule has 10 heteroatoms. The molecule has 1 N–H and O–H groups in total. The molecule has 0 aliphatic carbocycles. The molecule has 0 spiro atoms. The molecule has 0 bridgehead atoms. The summed E-state index contributed by atoms with van der Waals surface area (Å²) in [7, 11) is -2.74. The van der Waals surface area contributed by atoms with E-state index in [1.807, 2.05) is 0 Å². The number of nitrogens with zero attached hydrogens (tertiary/aromatic N) is 5. The van der Waals surface area contributed by atoms with Gasteiger partial charge in [0.1, 0.15) is 6.33 Å². The second kappa shape index (κ2) is 5.02. The molecule has 0 unspecified atom stereocenters. The average Bonchev–Trinajstić information content (AvgIpc) is 2.87. The molecule has 0 aliphatic heterocycles. The molecule has 3 rings (SSSR count). The van der Waals surface area contributed by atoms with Crippen molar-refractivity contribution in [1.82, 2.24) is 24.6 Å². The summed E-state index contributed by atoms with van der Waals surface area (Å²) in [5.41, 5.74) is 0.371. The number of aromatic nitrogens is 5. The van der Waals surface area contributed by atoms with E-state index in [0.29, 0.717) is 5.69 Å². The molecule has 102 valence electrons. The molecule has 0 fully saturated rings. The predicted molar refractivity (Wildman–Crippen MR) is 71.9 cm³/mol. The third kappa shape index (κ3) is 2.28. The van der Waals surface area contributed by atoms with Crippen LogP contribution in [0.3, 0.4) is 0 Å². The second-order valence-corrected chi connectivity index (χ2v) is 5.02. The lowest BCUT2D eigenvalue weighted by atomic mass is 10.3. The fourth-order valence-corrected chi connectivity index (χ4v) is 2.33. The van der Waals surface area contributed by atoms with Crippen molar-refractivity contribution < 1.29 is 8.42 Å². The molecule has 20 heavy (non-hydrogen) atoms. The second-order valence-electron chi connectivity index (χ2n) is 3.69. The van der Waals surface area contributed by atoms with Gasteiger partial charge in [-0.15, -0.1) is 0 Å². The van der Waals surface area contributed by atoms with Crippen molar-refractivity contribution in [2.24, 2.45) is 0 Å². The zero-order chi connectivity index (χ0) is 14.1. The van der Waals surface area contributed by atoms with Crippen molar-refractivity contribution in [3.63, 3.8) is 0 Å². The number of fused-ring (bicyclic) bond motifs is 1. The highest BCUT2D eigenvalue weighted by Gasteiger charge is 2.11. The van der Waals surface area contributed by atoms with Crippen molar-refractivity contribution in [3.8, 4) is 0 Å². The van der Waals surface area contributed by atoms with Gasteiger partial charge in [-0.2, -0.15) is 24.6 Å². The molecule has 8 nitrogen and oxygen atoms in total. The quantitative estimate of drug-likeness (QED) is 0.692. The molecule has 1 aromatic carbocycles. The summed E-state index contributed by atoms with van der Waals surface area (Å²) in [4.78, 5) is 11.9. The summed E-state index contributed by atoms with van der Waals surface area (Å²) in [5.74, 6) is 0.485. The first-order valence-electron chi connectivity index (χ1n) is 5.39. The van der Waals surface area contributed by atoms with E-state index in [1.165, 1.54) is 16.9 Å². The van der Waals surface area contributed by atoms with Crippen LogP contribution in [0.15, 0.2) is 35.5 Å². The van der Waals surface area contributed by atoms with Crippen LogP contribution < -0.4 is 5.32 Å². The maximum atomic E-state index is 11.2. The van der Waals surface area contributed by atoms with E-state index < -0.39 is 10.7 Å². The minimum Gasteiger partial charge on any atom is -0.323 e. The Labute approximate surface area is 119 Å². The SMILES string of the molecule is O=[SH](=O)c1ccccc1Nc1nc(Cl)nc2ncnn12. The van der Waals surface area contributed by atoms with E-state index in [0.717, 1.165) is 0 Å². The molecule has 0 saturated carbocycles. The lowest BCUT2D eigenvalue weighted by molar-refractivity contribution is 0.615. The highest BCUT2D eigenvalue weighted by molar-refractivity contribution is 7.72. The number of benzene rings is 1. The maximum absolute atomic E-state index is 11.2. The highest BCUT2D eigenvalue weighted by Crippen LogP contribution is 2.21. The monoisotopic (exact) mass is 310 g/mol. The standard InChI is InChI=1S/C10H7ClN6O2S/c11-8-15-9-12-5-13-17(9)10(16-8)14-6-3-1-2-4-7(6)20(18)19/h1-5,20H,(H,12,13,14,15,16). The van der Waals surface area contributed by atoms with Gasteiger partial charge in [0.2, 0.25) is 11.2 Å². The number of anilines is 2. The minimum absolute atomic E-state index is 0.0167. The van der Waals surface area contributed by atoms with Crippen LogP contribution in [0, 0.1) is 0 Å². The molecule has 2 heterocycles. The summed E-state index contributed by atoms with van der Waals surface area (Å²) >= 11 is 5.79. The summed E-state index contributed by atoms with van der Waals surface area (Å²) < 4.78 is 23.7. The molecule has 3 aromatic rings. The predicted octanol–water partition coefficient (Wildman–Crippen LogP) is 0.887. The van der Waals surface area contributed by atoms with E-state index in [1.54, 1.807) is 18.2 Å². The van der Waals surface area contributed by atoms with Crippen molar-refractivity contribution in [1.29, 1.82) is 0 Å². The molecule has 0 saturated heterocycles. The first-order chi connectivity index (χ1) is 9.65. The van der Waals surface area contributed by atoms with E-state index >= 15 is 0 Å². The first-order valence-corrected chi connectivity index (χ1v) is 6.94. The van der Waals surface area contributed by atoms with Crippen LogP contribution in [0.2, 0.25) is 5.28 Å². The van der Waals surface area contributed by atoms with Crippen LogP contribution in [-0.4, -0.2) is 33.0 Å². The Bertz CT molecular complexity index is 854. The van der Waals surface area contributed by atoms with Gasteiger partial charge in [0.15, 0.2) is 10.7 Å². The van der Waals surface area contributed by atoms with Gasteiger partial charge >= 0.3 is 0 Å². The highest BCUT2D eigenvalue weighted by atomic mass is 35.5. The van der Waals surface area contributed by atoms with Gasteiger partial charge in [0, 0.05) is 0 Å². The van der Waals surface area contributed by atoms with Crippen LogP contribution >= 0.6 is 11.6 Å². The van der Waals surface area contributed by atoms with E-state index in [-0.39, 0.29) is 21.9 Å². The minimum atomic E-state index is -2.74. The van der Waals surface area contributed by atoms with E-state index in [9.17, 15) is 8.42 Å². The maximum Gasteiger partial charge on any atom is 0.258 e. The Morgan fingerprint density at radius 2 is 2.00 bits per heavy atom. The number of hydrogen-bond donors (Lipinski definition) is 2. The van der Waals surface area contributed by atoms with Crippen molar-refractivity contribution >= 4 is 39.7 Å². The molecular formula is C10H7ClN6O2S. The van der Waals surface area contributed by atoms with Crippen LogP contribution in [0.5, 0.6) is 0 Å². The van der Waals surface area contributed by atoms with Gasteiger partial charge in [0.25, 0.3) is 5.78 Å². The third-order valence-electron chi connectivity index (χ3n) is 2.47. The lowest BCUT2D eigenvalue weighted by Crippen LogP contribution is -2.06. The number of hydrogen-bond acceptors (Lipinski definition) is 7. The Morgan fingerprint density at radius 1 is 1.20 bits per heavy atom. The fourth-order valence-electron chi connectivity index (χ4n) is 1.64. The van der Waals surface area contributed by atoms with Crippen molar-refractivity contribution in [2.45, 2.75) is 4.90 Å². The first kappa shape index (κ1) is 12.8. The molecule has 0 radical (unpaired) electrons. The van der Waals surface area contributed by atoms with E-state index in [4.69, 9.17) is 11.6 Å².